The van der Waals surface area contributed by atoms with Crippen molar-refractivity contribution in [3.63, 3.8) is 0 Å². The molecule has 0 saturated carbocycles. The van der Waals surface area contributed by atoms with E-state index in [2.05, 4.69) is 13.8 Å². The van der Waals surface area contributed by atoms with Gasteiger partial charge in [0.25, 0.3) is 0 Å². The Labute approximate surface area is 161 Å². The molecule has 0 atom stereocenters. The lowest BCUT2D eigenvalue weighted by atomic mass is 9.94. The van der Waals surface area contributed by atoms with Crippen molar-refractivity contribution >= 4 is 11.9 Å². The number of esters is 2. The standard InChI is InChI=1S/C22H42O4/c1-5-7-9-11-13-15-17-19-26-21(24)22(3,4)20(23)25-18-16-14-12-10-8-6-2/h5-19H2,1-4H3. The molecule has 0 heterocycles. The van der Waals surface area contributed by atoms with Crippen molar-refractivity contribution in [2.24, 2.45) is 5.41 Å². The molecule has 0 bridgehead atoms. The SMILES string of the molecule is CCCCCCCCCOC(=O)C(C)(C)C(=O)OCCCCCCCC. The summed E-state index contributed by atoms with van der Waals surface area (Å²) in [7, 11) is 0. The summed E-state index contributed by atoms with van der Waals surface area (Å²) < 4.78 is 10.6. The smallest absolute Gasteiger partial charge is 0.322 e. The topological polar surface area (TPSA) is 52.6 Å². The van der Waals surface area contributed by atoms with E-state index in [1.165, 1.54) is 57.8 Å². The Hall–Kier alpha value is -1.06. The molecule has 4 heteroatoms. The highest BCUT2D eigenvalue weighted by Crippen LogP contribution is 2.20. The van der Waals surface area contributed by atoms with Crippen molar-refractivity contribution in [1.29, 1.82) is 0 Å². The average Bonchev–Trinajstić information content (AvgIpc) is 2.62. The molecule has 0 rings (SSSR count). The van der Waals surface area contributed by atoms with Gasteiger partial charge in [0.15, 0.2) is 5.41 Å². The number of ether oxygens (including phenoxy) is 2. The molecular weight excluding hydrogens is 328 g/mol. The van der Waals surface area contributed by atoms with E-state index in [1.54, 1.807) is 13.8 Å². The number of hydrogen-bond acceptors (Lipinski definition) is 4. The van der Waals surface area contributed by atoms with Crippen LogP contribution in [0.3, 0.4) is 0 Å². The molecule has 0 saturated heterocycles. The minimum atomic E-state index is -1.22. The molecule has 0 aromatic carbocycles. The first-order valence-corrected chi connectivity index (χ1v) is 10.8. The zero-order valence-electron chi connectivity index (χ0n) is 17.7. The normalized spacial score (nSPS) is 11.4. The first-order valence-electron chi connectivity index (χ1n) is 10.8. The summed E-state index contributed by atoms with van der Waals surface area (Å²) >= 11 is 0. The van der Waals surface area contributed by atoms with Crippen LogP contribution in [0.1, 0.15) is 111 Å². The summed E-state index contributed by atoms with van der Waals surface area (Å²) in [5.41, 5.74) is -1.22. The Kier molecular flexibility index (Phi) is 15.5. The number of unbranched alkanes of at least 4 members (excludes halogenated alkanes) is 11. The van der Waals surface area contributed by atoms with Crippen molar-refractivity contribution in [3.05, 3.63) is 0 Å². The largest absolute Gasteiger partial charge is 0.465 e. The third-order valence-electron chi connectivity index (χ3n) is 4.73. The summed E-state index contributed by atoms with van der Waals surface area (Å²) in [4.78, 5) is 24.3. The second-order valence-electron chi connectivity index (χ2n) is 7.79. The predicted molar refractivity (Wildman–Crippen MR) is 107 cm³/mol. The van der Waals surface area contributed by atoms with Gasteiger partial charge in [-0.1, -0.05) is 84.5 Å². The molecular formula is C22H42O4. The van der Waals surface area contributed by atoms with Crippen LogP contribution >= 0.6 is 0 Å². The number of carbonyl (C=O) groups is 2. The molecule has 0 aromatic rings. The van der Waals surface area contributed by atoms with Crippen LogP contribution in [0.4, 0.5) is 0 Å². The van der Waals surface area contributed by atoms with Crippen molar-refractivity contribution in [2.45, 2.75) is 111 Å². The summed E-state index contributed by atoms with van der Waals surface area (Å²) in [6.07, 6.45) is 15.0. The van der Waals surface area contributed by atoms with Gasteiger partial charge < -0.3 is 9.47 Å². The first-order chi connectivity index (χ1) is 12.5. The Morgan fingerprint density at radius 1 is 0.577 bits per heavy atom. The van der Waals surface area contributed by atoms with Crippen LogP contribution in [-0.2, 0) is 19.1 Å². The van der Waals surface area contributed by atoms with Gasteiger partial charge in [-0.2, -0.15) is 0 Å². The fourth-order valence-electron chi connectivity index (χ4n) is 2.72. The van der Waals surface area contributed by atoms with E-state index in [9.17, 15) is 9.59 Å². The predicted octanol–water partition coefficient (Wildman–Crippen LogP) is 6.21. The van der Waals surface area contributed by atoms with Gasteiger partial charge in [-0.25, -0.2) is 0 Å². The maximum absolute atomic E-state index is 12.2. The lowest BCUT2D eigenvalue weighted by Gasteiger charge is -2.20. The maximum Gasteiger partial charge on any atom is 0.322 e. The van der Waals surface area contributed by atoms with Crippen LogP contribution in [0.25, 0.3) is 0 Å². The number of hydrogen-bond donors (Lipinski definition) is 0. The van der Waals surface area contributed by atoms with E-state index in [-0.39, 0.29) is 0 Å². The Balaban J connectivity index is 3.79. The monoisotopic (exact) mass is 370 g/mol. The van der Waals surface area contributed by atoms with E-state index in [4.69, 9.17) is 9.47 Å². The highest BCUT2D eigenvalue weighted by Gasteiger charge is 2.39. The molecule has 0 N–H and O–H groups in total. The van der Waals surface area contributed by atoms with Gasteiger partial charge >= 0.3 is 11.9 Å². The van der Waals surface area contributed by atoms with Crippen LogP contribution in [-0.4, -0.2) is 25.2 Å². The summed E-state index contributed by atoms with van der Waals surface area (Å²) in [5.74, 6) is -0.952. The Morgan fingerprint density at radius 3 is 1.23 bits per heavy atom. The summed E-state index contributed by atoms with van der Waals surface area (Å²) in [6, 6.07) is 0. The van der Waals surface area contributed by atoms with Crippen molar-refractivity contribution in [3.8, 4) is 0 Å². The fourth-order valence-corrected chi connectivity index (χ4v) is 2.72. The van der Waals surface area contributed by atoms with Gasteiger partial charge in [0, 0.05) is 0 Å². The second kappa shape index (κ2) is 16.1. The third kappa shape index (κ3) is 12.3. The van der Waals surface area contributed by atoms with Gasteiger partial charge in [-0.15, -0.1) is 0 Å². The van der Waals surface area contributed by atoms with Gasteiger partial charge in [0.05, 0.1) is 13.2 Å². The average molecular weight is 371 g/mol. The molecule has 0 radical (unpaired) electrons. The molecule has 0 spiro atoms. The molecule has 4 nitrogen and oxygen atoms in total. The van der Waals surface area contributed by atoms with Gasteiger partial charge in [0.2, 0.25) is 0 Å². The number of carbonyl (C=O) groups excluding carboxylic acids is 2. The number of rotatable bonds is 17. The van der Waals surface area contributed by atoms with Gasteiger partial charge in [-0.05, 0) is 26.7 Å². The van der Waals surface area contributed by atoms with Crippen LogP contribution in [0.2, 0.25) is 0 Å². The third-order valence-corrected chi connectivity index (χ3v) is 4.73. The van der Waals surface area contributed by atoms with Crippen LogP contribution in [0.15, 0.2) is 0 Å². The van der Waals surface area contributed by atoms with Gasteiger partial charge in [-0.3, -0.25) is 9.59 Å². The zero-order valence-corrected chi connectivity index (χ0v) is 17.7. The quantitative estimate of drug-likeness (QED) is 0.173. The highest BCUT2D eigenvalue weighted by molar-refractivity contribution is 5.99. The van der Waals surface area contributed by atoms with E-state index >= 15 is 0 Å². The fraction of sp³-hybridized carbons (Fsp3) is 0.909. The van der Waals surface area contributed by atoms with Crippen LogP contribution in [0, 0.1) is 5.41 Å². The Morgan fingerprint density at radius 2 is 0.885 bits per heavy atom. The minimum Gasteiger partial charge on any atom is -0.465 e. The van der Waals surface area contributed by atoms with Gasteiger partial charge in [0.1, 0.15) is 0 Å². The first kappa shape index (κ1) is 24.9. The van der Waals surface area contributed by atoms with Crippen LogP contribution in [0.5, 0.6) is 0 Å². The molecule has 0 aromatic heterocycles. The van der Waals surface area contributed by atoms with E-state index in [0.717, 1.165) is 25.7 Å². The van der Waals surface area contributed by atoms with Crippen LogP contribution < -0.4 is 0 Å². The molecule has 0 unspecified atom stereocenters. The Bertz CT molecular complexity index is 363. The zero-order chi connectivity index (χ0) is 19.7. The molecule has 154 valence electrons. The van der Waals surface area contributed by atoms with E-state index < -0.39 is 17.4 Å². The molecule has 26 heavy (non-hydrogen) atoms. The molecule has 0 aliphatic heterocycles. The molecule has 0 amide bonds. The second-order valence-corrected chi connectivity index (χ2v) is 7.79. The lowest BCUT2D eigenvalue weighted by molar-refractivity contribution is -0.169. The summed E-state index contributed by atoms with van der Waals surface area (Å²) in [6.45, 7) is 8.35. The van der Waals surface area contributed by atoms with E-state index in [1.807, 2.05) is 0 Å². The van der Waals surface area contributed by atoms with Crippen molar-refractivity contribution in [1.82, 2.24) is 0 Å². The van der Waals surface area contributed by atoms with Crippen molar-refractivity contribution < 1.29 is 19.1 Å². The highest BCUT2D eigenvalue weighted by atomic mass is 16.6. The molecule has 0 aliphatic rings. The lowest BCUT2D eigenvalue weighted by Crippen LogP contribution is -2.37. The van der Waals surface area contributed by atoms with Crippen molar-refractivity contribution in [2.75, 3.05) is 13.2 Å². The minimum absolute atomic E-state index is 0.388. The molecule has 0 fully saturated rings. The summed E-state index contributed by atoms with van der Waals surface area (Å²) in [5, 5.41) is 0. The maximum atomic E-state index is 12.2. The van der Waals surface area contributed by atoms with E-state index in [0.29, 0.717) is 13.2 Å². The molecule has 0 aliphatic carbocycles.